The molecule has 0 saturated heterocycles. The van der Waals surface area contributed by atoms with Gasteiger partial charge in [-0.05, 0) is 23.6 Å². The Kier molecular flexibility index (Phi) is 5.21. The molecule has 7 nitrogen and oxygen atoms in total. The smallest absolute Gasteiger partial charge is 0.234 e. The van der Waals surface area contributed by atoms with Crippen LogP contribution in [0.3, 0.4) is 0 Å². The van der Waals surface area contributed by atoms with E-state index < -0.39 is 0 Å². The molecule has 0 spiro atoms. The molecule has 1 amide bonds. The number of nitrogens with one attached hydrogen (secondary N) is 1. The van der Waals surface area contributed by atoms with Gasteiger partial charge in [0.05, 0.1) is 5.75 Å². The summed E-state index contributed by atoms with van der Waals surface area (Å²) in [6.45, 7) is 0.356. The minimum absolute atomic E-state index is 0.0999. The molecule has 2 heterocycles. The number of amides is 1. The van der Waals surface area contributed by atoms with Crippen LogP contribution in [0.5, 0.6) is 11.5 Å². The third-order valence-corrected chi connectivity index (χ3v) is 6.08. The summed E-state index contributed by atoms with van der Waals surface area (Å²) in [6, 6.07) is 21.4. The number of carbonyl (C=O) groups is 1. The van der Waals surface area contributed by atoms with Crippen molar-refractivity contribution in [2.24, 2.45) is 7.05 Å². The Morgan fingerprint density at radius 2 is 1.84 bits per heavy atom. The van der Waals surface area contributed by atoms with Gasteiger partial charge in [-0.2, -0.15) is 0 Å². The molecule has 0 unspecified atom stereocenters. The SMILES string of the molecule is Cn1c(SCC(=O)Nc2cccc3ccccc23)nnc1[C@H]1COc2ccccc2O1. The fourth-order valence-corrected chi connectivity index (χ4v) is 4.25. The largest absolute Gasteiger partial charge is 0.485 e. The van der Waals surface area contributed by atoms with Gasteiger partial charge < -0.3 is 19.4 Å². The fourth-order valence-electron chi connectivity index (χ4n) is 3.53. The predicted molar refractivity (Wildman–Crippen MR) is 120 cm³/mol. The highest BCUT2D eigenvalue weighted by Crippen LogP contribution is 2.35. The molecule has 0 saturated carbocycles. The summed E-state index contributed by atoms with van der Waals surface area (Å²) in [4.78, 5) is 12.6. The summed E-state index contributed by atoms with van der Waals surface area (Å²) < 4.78 is 13.6. The summed E-state index contributed by atoms with van der Waals surface area (Å²) in [5, 5.41) is 14.2. The van der Waals surface area contributed by atoms with Gasteiger partial charge in [-0.3, -0.25) is 4.79 Å². The molecular weight excluding hydrogens is 412 g/mol. The molecular formula is C23H20N4O3S. The normalized spacial score (nSPS) is 15.1. The number of anilines is 1. The monoisotopic (exact) mass is 432 g/mol. The zero-order chi connectivity index (χ0) is 21.2. The molecule has 3 aromatic carbocycles. The lowest BCUT2D eigenvalue weighted by molar-refractivity contribution is -0.113. The van der Waals surface area contributed by atoms with E-state index in [9.17, 15) is 4.79 Å². The third-order valence-electron chi connectivity index (χ3n) is 5.06. The Balaban J connectivity index is 1.24. The molecule has 1 aromatic heterocycles. The number of benzene rings is 3. The van der Waals surface area contributed by atoms with Crippen LogP contribution in [0.25, 0.3) is 10.8 Å². The number of hydrogen-bond acceptors (Lipinski definition) is 6. The van der Waals surface area contributed by atoms with Crippen molar-refractivity contribution in [2.75, 3.05) is 17.7 Å². The standard InChI is InChI=1S/C23H20N4O3S/c1-27-22(20-13-29-18-11-4-5-12-19(18)30-20)25-26-23(27)31-14-21(28)24-17-10-6-8-15-7-2-3-9-16(15)17/h2-12,20H,13-14H2,1H3,(H,24,28)/t20-/m1/s1. The van der Waals surface area contributed by atoms with Gasteiger partial charge in [0.15, 0.2) is 28.6 Å². The fraction of sp³-hybridized carbons (Fsp3) is 0.174. The first-order valence-electron chi connectivity index (χ1n) is 9.87. The van der Waals surface area contributed by atoms with Crippen molar-refractivity contribution < 1.29 is 14.3 Å². The molecule has 0 fully saturated rings. The Bertz CT molecular complexity index is 1250. The lowest BCUT2D eigenvalue weighted by Crippen LogP contribution is -2.24. The van der Waals surface area contributed by atoms with Crippen molar-refractivity contribution in [3.8, 4) is 11.5 Å². The van der Waals surface area contributed by atoms with Gasteiger partial charge in [-0.1, -0.05) is 60.3 Å². The number of ether oxygens (including phenoxy) is 2. The Hall–Kier alpha value is -3.52. The number of thioether (sulfide) groups is 1. The van der Waals surface area contributed by atoms with Crippen LogP contribution in [-0.2, 0) is 11.8 Å². The summed E-state index contributed by atoms with van der Waals surface area (Å²) >= 11 is 1.33. The second kappa shape index (κ2) is 8.31. The number of fused-ring (bicyclic) bond motifs is 2. The highest BCUT2D eigenvalue weighted by molar-refractivity contribution is 7.99. The number of rotatable bonds is 5. The van der Waals surface area contributed by atoms with E-state index in [0.717, 1.165) is 22.2 Å². The molecule has 1 N–H and O–H groups in total. The molecule has 1 aliphatic rings. The van der Waals surface area contributed by atoms with E-state index in [1.165, 1.54) is 11.8 Å². The minimum atomic E-state index is -0.355. The first-order valence-corrected chi connectivity index (χ1v) is 10.9. The summed E-state index contributed by atoms with van der Waals surface area (Å²) in [5.41, 5.74) is 0.800. The zero-order valence-electron chi connectivity index (χ0n) is 16.8. The van der Waals surface area contributed by atoms with Crippen LogP contribution < -0.4 is 14.8 Å². The van der Waals surface area contributed by atoms with Crippen LogP contribution in [0.4, 0.5) is 5.69 Å². The van der Waals surface area contributed by atoms with E-state index >= 15 is 0 Å². The van der Waals surface area contributed by atoms with Crippen LogP contribution in [0.2, 0.25) is 0 Å². The summed E-state index contributed by atoms with van der Waals surface area (Å²) in [7, 11) is 1.87. The average molecular weight is 433 g/mol. The van der Waals surface area contributed by atoms with Crippen molar-refractivity contribution in [3.05, 3.63) is 72.6 Å². The quantitative estimate of drug-likeness (QED) is 0.476. The first-order chi connectivity index (χ1) is 15.2. The Morgan fingerprint density at radius 3 is 2.74 bits per heavy atom. The molecule has 156 valence electrons. The van der Waals surface area contributed by atoms with E-state index in [0.29, 0.717) is 23.3 Å². The third kappa shape index (κ3) is 3.94. The maximum absolute atomic E-state index is 12.6. The van der Waals surface area contributed by atoms with Crippen LogP contribution in [0.1, 0.15) is 11.9 Å². The number of hydrogen-bond donors (Lipinski definition) is 1. The lowest BCUT2D eigenvalue weighted by atomic mass is 10.1. The van der Waals surface area contributed by atoms with Gasteiger partial charge in [-0.25, -0.2) is 0 Å². The van der Waals surface area contributed by atoms with Gasteiger partial charge in [0.1, 0.15) is 6.61 Å². The van der Waals surface area contributed by atoms with Crippen molar-refractivity contribution in [1.29, 1.82) is 0 Å². The van der Waals surface area contributed by atoms with Gasteiger partial charge >= 0.3 is 0 Å². The van der Waals surface area contributed by atoms with E-state index in [-0.39, 0.29) is 17.8 Å². The number of aromatic nitrogens is 3. The van der Waals surface area contributed by atoms with Crippen molar-refractivity contribution >= 4 is 34.1 Å². The van der Waals surface area contributed by atoms with Crippen molar-refractivity contribution in [3.63, 3.8) is 0 Å². The van der Waals surface area contributed by atoms with Gasteiger partial charge in [0, 0.05) is 18.1 Å². The molecule has 4 aromatic rings. The average Bonchev–Trinajstić information content (AvgIpc) is 3.18. The molecule has 0 aliphatic carbocycles. The summed E-state index contributed by atoms with van der Waals surface area (Å²) in [5.74, 6) is 2.19. The van der Waals surface area contributed by atoms with E-state index in [4.69, 9.17) is 9.47 Å². The minimum Gasteiger partial charge on any atom is -0.485 e. The van der Waals surface area contributed by atoms with E-state index in [1.807, 2.05) is 78.3 Å². The lowest BCUT2D eigenvalue weighted by Gasteiger charge is -2.25. The van der Waals surface area contributed by atoms with Crippen LogP contribution in [0.15, 0.2) is 71.9 Å². The second-order valence-electron chi connectivity index (χ2n) is 7.13. The van der Waals surface area contributed by atoms with Gasteiger partial charge in [0.2, 0.25) is 5.91 Å². The van der Waals surface area contributed by atoms with Crippen LogP contribution in [-0.4, -0.2) is 33.0 Å². The maximum Gasteiger partial charge on any atom is 0.234 e. The van der Waals surface area contributed by atoms with Crippen LogP contribution in [0, 0.1) is 0 Å². The maximum atomic E-state index is 12.6. The van der Waals surface area contributed by atoms with Crippen molar-refractivity contribution in [2.45, 2.75) is 11.3 Å². The second-order valence-corrected chi connectivity index (χ2v) is 8.07. The Morgan fingerprint density at radius 1 is 1.06 bits per heavy atom. The van der Waals surface area contributed by atoms with E-state index in [1.54, 1.807) is 0 Å². The van der Waals surface area contributed by atoms with E-state index in [2.05, 4.69) is 15.5 Å². The topological polar surface area (TPSA) is 78.3 Å². The zero-order valence-corrected chi connectivity index (χ0v) is 17.6. The molecule has 1 atom stereocenters. The highest BCUT2D eigenvalue weighted by Gasteiger charge is 2.27. The predicted octanol–water partition coefficient (Wildman–Crippen LogP) is 4.21. The molecule has 8 heteroatoms. The molecule has 1 aliphatic heterocycles. The van der Waals surface area contributed by atoms with Crippen LogP contribution >= 0.6 is 11.8 Å². The molecule has 0 radical (unpaired) electrons. The number of carbonyl (C=O) groups excluding carboxylic acids is 1. The van der Waals surface area contributed by atoms with Gasteiger partial charge in [0.25, 0.3) is 0 Å². The van der Waals surface area contributed by atoms with Gasteiger partial charge in [-0.15, -0.1) is 10.2 Å². The summed E-state index contributed by atoms with van der Waals surface area (Å²) in [6.07, 6.45) is -0.355. The first kappa shape index (κ1) is 19.4. The molecule has 0 bridgehead atoms. The Labute approximate surface area is 183 Å². The molecule has 5 rings (SSSR count). The number of para-hydroxylation sites is 2. The highest BCUT2D eigenvalue weighted by atomic mass is 32.2. The van der Waals surface area contributed by atoms with Crippen molar-refractivity contribution in [1.82, 2.24) is 14.8 Å². The number of nitrogens with zero attached hydrogens (tertiary/aromatic N) is 3. The molecule has 31 heavy (non-hydrogen) atoms.